The van der Waals surface area contributed by atoms with Crippen LogP contribution in [0.15, 0.2) is 96.1 Å². The lowest BCUT2D eigenvalue weighted by molar-refractivity contribution is -0.140. The molecule has 0 unspecified atom stereocenters. The Bertz CT molecular complexity index is 1450. The van der Waals surface area contributed by atoms with Crippen molar-refractivity contribution in [2.75, 3.05) is 7.11 Å². The van der Waals surface area contributed by atoms with Gasteiger partial charge in [-0.3, -0.25) is 4.79 Å². The molecule has 1 amide bonds. The Balaban J connectivity index is 1.43. The molecule has 0 saturated heterocycles. The highest BCUT2D eigenvalue weighted by Crippen LogP contribution is 2.28. The van der Waals surface area contributed by atoms with E-state index in [9.17, 15) is 9.59 Å². The molecule has 0 aliphatic heterocycles. The fraction of sp³-hybridized carbons (Fsp3) is 0.0690. The largest absolute Gasteiger partial charge is 0.493 e. The van der Waals surface area contributed by atoms with Crippen LogP contribution in [0.25, 0.3) is 0 Å². The Kier molecular flexibility index (Phi) is 9.86. The predicted molar refractivity (Wildman–Crippen MR) is 153 cm³/mol. The van der Waals surface area contributed by atoms with Gasteiger partial charge in [0.15, 0.2) is 11.5 Å². The quantitative estimate of drug-likeness (QED) is 0.0708. The molecule has 0 aliphatic rings. The molecule has 0 bridgehead atoms. The van der Waals surface area contributed by atoms with E-state index >= 15 is 0 Å². The summed E-state index contributed by atoms with van der Waals surface area (Å²) in [7, 11) is 1.43. The Labute approximate surface area is 245 Å². The second kappa shape index (κ2) is 13.7. The number of halogens is 3. The number of hydrogen-bond acceptors (Lipinski definition) is 7. The summed E-state index contributed by atoms with van der Waals surface area (Å²) in [6.45, 7) is 0. The number of benzene rings is 4. The first-order chi connectivity index (χ1) is 19.3. The lowest BCUT2D eigenvalue weighted by atomic mass is 10.2. The average Bonchev–Trinajstić information content (AvgIpc) is 2.96. The van der Waals surface area contributed by atoms with Gasteiger partial charge in [0.05, 0.1) is 18.9 Å². The summed E-state index contributed by atoms with van der Waals surface area (Å²) in [6, 6.07) is 24.0. The van der Waals surface area contributed by atoms with Gasteiger partial charge in [0.2, 0.25) is 0 Å². The molecule has 4 aromatic rings. The van der Waals surface area contributed by atoms with Crippen molar-refractivity contribution in [3.05, 3.63) is 117 Å². The summed E-state index contributed by atoms with van der Waals surface area (Å²) in [5.74, 6) is -0.0475. The minimum absolute atomic E-state index is 0.205. The van der Waals surface area contributed by atoms with E-state index in [0.717, 1.165) is 0 Å². The van der Waals surface area contributed by atoms with E-state index in [1.54, 1.807) is 91.0 Å². The molecule has 4 aromatic carbocycles. The zero-order chi connectivity index (χ0) is 28.5. The third-order valence-electron chi connectivity index (χ3n) is 5.19. The van der Waals surface area contributed by atoms with E-state index in [1.807, 2.05) is 0 Å². The van der Waals surface area contributed by atoms with Crippen molar-refractivity contribution in [2.24, 2.45) is 5.10 Å². The van der Waals surface area contributed by atoms with Crippen LogP contribution >= 0.6 is 34.8 Å². The van der Waals surface area contributed by atoms with Crippen LogP contribution in [0, 0.1) is 0 Å². The molecule has 204 valence electrons. The Morgan fingerprint density at radius 2 is 1.27 bits per heavy atom. The van der Waals surface area contributed by atoms with Crippen LogP contribution in [0.4, 0.5) is 0 Å². The highest BCUT2D eigenvalue weighted by molar-refractivity contribution is 6.31. The number of ether oxygens (including phenoxy) is 4. The fourth-order valence-electron chi connectivity index (χ4n) is 3.22. The van der Waals surface area contributed by atoms with E-state index in [0.29, 0.717) is 37.7 Å². The molecule has 0 aliphatic carbocycles. The predicted octanol–water partition coefficient (Wildman–Crippen LogP) is 6.81. The van der Waals surface area contributed by atoms with E-state index in [1.165, 1.54) is 13.3 Å². The number of nitrogens with one attached hydrogen (secondary N) is 1. The Morgan fingerprint density at radius 1 is 0.750 bits per heavy atom. The number of methoxy groups -OCH3 is 1. The molecule has 0 saturated carbocycles. The molecule has 0 aromatic heterocycles. The van der Waals surface area contributed by atoms with Gasteiger partial charge in [0.1, 0.15) is 11.5 Å². The minimum Gasteiger partial charge on any atom is -0.493 e. The van der Waals surface area contributed by atoms with Gasteiger partial charge in [-0.25, -0.2) is 10.2 Å². The van der Waals surface area contributed by atoms with Crippen LogP contribution in [0.3, 0.4) is 0 Å². The number of esters is 1. The number of nitrogens with zero attached hydrogens (tertiary/aromatic N) is 1. The van der Waals surface area contributed by atoms with Crippen molar-refractivity contribution in [3.8, 4) is 23.0 Å². The van der Waals surface area contributed by atoms with Gasteiger partial charge in [-0.15, -0.1) is 0 Å². The maximum absolute atomic E-state index is 12.9. The maximum atomic E-state index is 12.9. The summed E-state index contributed by atoms with van der Waals surface area (Å²) in [5, 5.41) is 5.52. The minimum atomic E-state index is -1.39. The molecule has 40 heavy (non-hydrogen) atoms. The molecule has 0 spiro atoms. The zero-order valence-corrected chi connectivity index (χ0v) is 23.1. The molecule has 0 radical (unpaired) electrons. The lowest BCUT2D eigenvalue weighted by Crippen LogP contribution is -2.40. The molecule has 1 N–H and O–H groups in total. The van der Waals surface area contributed by atoms with Crippen LogP contribution in [-0.4, -0.2) is 31.5 Å². The van der Waals surface area contributed by atoms with E-state index in [4.69, 9.17) is 53.8 Å². The van der Waals surface area contributed by atoms with Gasteiger partial charge in [0.25, 0.3) is 0 Å². The summed E-state index contributed by atoms with van der Waals surface area (Å²) in [6.07, 6.45) is -0.00367. The summed E-state index contributed by atoms with van der Waals surface area (Å²) in [5.41, 5.74) is 3.28. The number of carbonyl (C=O) groups is 2. The standard InChI is InChI=1S/C29H21Cl3N2O6/c1-37-26-16-18(2-15-25(26)40-28(36)19-3-5-20(30)6-4-19)17-33-34-27(35)29(38-23-11-7-21(31)8-12-23)39-24-13-9-22(32)10-14-24/h2-17,29H,1H3,(H,34,35). The van der Waals surface area contributed by atoms with E-state index in [-0.39, 0.29) is 11.5 Å². The first-order valence-corrected chi connectivity index (χ1v) is 12.8. The highest BCUT2D eigenvalue weighted by atomic mass is 35.5. The Morgan fingerprint density at radius 3 is 1.80 bits per heavy atom. The van der Waals surface area contributed by atoms with Crippen molar-refractivity contribution in [1.29, 1.82) is 0 Å². The number of hydrazone groups is 1. The van der Waals surface area contributed by atoms with E-state index in [2.05, 4.69) is 10.5 Å². The Hall–Kier alpha value is -4.24. The molecular formula is C29H21Cl3N2O6. The molecule has 0 atom stereocenters. The van der Waals surface area contributed by atoms with Crippen LogP contribution in [-0.2, 0) is 4.79 Å². The number of hydrogen-bond donors (Lipinski definition) is 1. The van der Waals surface area contributed by atoms with Crippen LogP contribution in [0.2, 0.25) is 15.1 Å². The molecule has 0 fully saturated rings. The van der Waals surface area contributed by atoms with Crippen LogP contribution in [0.5, 0.6) is 23.0 Å². The topological polar surface area (TPSA) is 95.5 Å². The SMILES string of the molecule is COc1cc(C=NNC(=O)C(Oc2ccc(Cl)cc2)Oc2ccc(Cl)cc2)ccc1OC(=O)c1ccc(Cl)cc1. The monoisotopic (exact) mass is 598 g/mol. The third kappa shape index (κ3) is 8.13. The zero-order valence-electron chi connectivity index (χ0n) is 20.8. The van der Waals surface area contributed by atoms with Gasteiger partial charge in [0, 0.05) is 15.1 Å². The van der Waals surface area contributed by atoms with Gasteiger partial charge in [-0.2, -0.15) is 5.10 Å². The molecule has 0 heterocycles. The first kappa shape index (κ1) is 28.8. The van der Waals surface area contributed by atoms with Crippen molar-refractivity contribution in [3.63, 3.8) is 0 Å². The molecular weight excluding hydrogens is 579 g/mol. The smallest absolute Gasteiger partial charge is 0.343 e. The van der Waals surface area contributed by atoms with Gasteiger partial charge in [-0.05, 0) is 96.6 Å². The highest BCUT2D eigenvalue weighted by Gasteiger charge is 2.23. The second-order valence-corrected chi connectivity index (χ2v) is 9.33. The first-order valence-electron chi connectivity index (χ1n) is 11.6. The lowest BCUT2D eigenvalue weighted by Gasteiger charge is -2.19. The molecule has 8 nitrogen and oxygen atoms in total. The summed E-state index contributed by atoms with van der Waals surface area (Å²) < 4.78 is 22.2. The van der Waals surface area contributed by atoms with Gasteiger partial charge >= 0.3 is 18.2 Å². The number of amides is 1. The third-order valence-corrected chi connectivity index (χ3v) is 5.94. The normalized spacial score (nSPS) is 10.8. The van der Waals surface area contributed by atoms with Gasteiger partial charge < -0.3 is 18.9 Å². The van der Waals surface area contributed by atoms with Crippen molar-refractivity contribution >= 4 is 52.9 Å². The summed E-state index contributed by atoms with van der Waals surface area (Å²) in [4.78, 5) is 25.4. The van der Waals surface area contributed by atoms with E-state index < -0.39 is 18.2 Å². The summed E-state index contributed by atoms with van der Waals surface area (Å²) >= 11 is 17.7. The van der Waals surface area contributed by atoms with Crippen molar-refractivity contribution in [2.45, 2.75) is 6.29 Å². The number of rotatable bonds is 10. The fourth-order valence-corrected chi connectivity index (χ4v) is 3.60. The maximum Gasteiger partial charge on any atom is 0.343 e. The molecule has 4 rings (SSSR count). The van der Waals surface area contributed by atoms with Gasteiger partial charge in [-0.1, -0.05) is 34.8 Å². The van der Waals surface area contributed by atoms with Crippen molar-refractivity contribution in [1.82, 2.24) is 5.43 Å². The average molecular weight is 600 g/mol. The van der Waals surface area contributed by atoms with Crippen LogP contribution in [0.1, 0.15) is 15.9 Å². The number of carbonyl (C=O) groups excluding carboxylic acids is 2. The molecule has 11 heteroatoms. The van der Waals surface area contributed by atoms with Crippen molar-refractivity contribution < 1.29 is 28.5 Å². The second-order valence-electron chi connectivity index (χ2n) is 8.02. The van der Waals surface area contributed by atoms with Crippen LogP contribution < -0.4 is 24.4 Å².